The molecule has 0 aliphatic carbocycles. The number of rotatable bonds is 2. The molecule has 0 aromatic heterocycles. The monoisotopic (exact) mass is 328 g/mol. The van der Waals surface area contributed by atoms with Crippen molar-refractivity contribution in [2.45, 2.75) is 22.1 Å². The van der Waals surface area contributed by atoms with Gasteiger partial charge in [0.25, 0.3) is 0 Å². The standard InChI is InChI=1S/C15H11F3O3S/c16-15(17,18)14(19,10-6-2-1-3-7-10)13-21-11-8-4-5-9-12(11)22(13)20/h1-9,13,19H/t13-,14+,22?/m0/s1. The summed E-state index contributed by atoms with van der Waals surface area (Å²) >= 11 is 0. The Labute approximate surface area is 126 Å². The lowest BCUT2D eigenvalue weighted by Crippen LogP contribution is -2.54. The Balaban J connectivity index is 2.12. The van der Waals surface area contributed by atoms with Gasteiger partial charge >= 0.3 is 6.18 Å². The third-order valence-corrected chi connectivity index (χ3v) is 5.08. The van der Waals surface area contributed by atoms with E-state index < -0.39 is 33.6 Å². The summed E-state index contributed by atoms with van der Waals surface area (Å²) in [6.07, 6.45) is -5.04. The summed E-state index contributed by atoms with van der Waals surface area (Å²) < 4.78 is 58.3. The molecule has 1 aliphatic heterocycles. The van der Waals surface area contributed by atoms with E-state index in [2.05, 4.69) is 0 Å². The van der Waals surface area contributed by atoms with Gasteiger partial charge in [-0.1, -0.05) is 42.5 Å². The zero-order chi connectivity index (χ0) is 16.0. The number of hydrogen-bond acceptors (Lipinski definition) is 3. The van der Waals surface area contributed by atoms with Crippen LogP contribution in [0.3, 0.4) is 0 Å². The number of fused-ring (bicyclic) bond motifs is 1. The van der Waals surface area contributed by atoms with E-state index in [4.69, 9.17) is 4.74 Å². The molecule has 1 unspecified atom stereocenters. The average Bonchev–Trinajstić information content (AvgIpc) is 2.84. The molecule has 1 heterocycles. The molecule has 0 fully saturated rings. The van der Waals surface area contributed by atoms with Crippen molar-refractivity contribution in [1.29, 1.82) is 0 Å². The van der Waals surface area contributed by atoms with Crippen LogP contribution in [0.4, 0.5) is 13.2 Å². The van der Waals surface area contributed by atoms with Crippen LogP contribution >= 0.6 is 0 Å². The predicted molar refractivity (Wildman–Crippen MR) is 73.7 cm³/mol. The van der Waals surface area contributed by atoms with E-state index in [0.717, 1.165) is 12.1 Å². The Bertz CT molecular complexity index is 717. The molecule has 3 atom stereocenters. The number of hydrogen-bond donors (Lipinski definition) is 1. The third-order valence-electron chi connectivity index (χ3n) is 3.48. The predicted octanol–water partition coefficient (Wildman–Crippen LogP) is 2.96. The van der Waals surface area contributed by atoms with Gasteiger partial charge in [0.1, 0.15) is 16.5 Å². The van der Waals surface area contributed by atoms with E-state index in [1.165, 1.54) is 30.3 Å². The number of benzene rings is 2. The molecule has 0 saturated heterocycles. The Morgan fingerprint density at radius 1 is 1.00 bits per heavy atom. The van der Waals surface area contributed by atoms with Gasteiger partial charge in [0.05, 0.1) is 4.90 Å². The average molecular weight is 328 g/mol. The maximum Gasteiger partial charge on any atom is 0.426 e. The second-order valence-corrected chi connectivity index (χ2v) is 6.29. The van der Waals surface area contributed by atoms with Crippen LogP contribution in [0.2, 0.25) is 0 Å². The molecular weight excluding hydrogens is 317 g/mol. The smallest absolute Gasteiger partial charge is 0.426 e. The summed E-state index contributed by atoms with van der Waals surface area (Å²) in [5.74, 6) is 0.0874. The second-order valence-electron chi connectivity index (χ2n) is 4.82. The van der Waals surface area contributed by atoms with Crippen LogP contribution in [-0.2, 0) is 16.4 Å². The molecule has 7 heteroatoms. The van der Waals surface area contributed by atoms with Crippen molar-refractivity contribution >= 4 is 10.8 Å². The molecule has 116 valence electrons. The van der Waals surface area contributed by atoms with Gasteiger partial charge in [-0.3, -0.25) is 4.21 Å². The molecule has 0 radical (unpaired) electrons. The lowest BCUT2D eigenvalue weighted by Gasteiger charge is -2.34. The Hall–Kier alpha value is -1.86. The SMILES string of the molecule is O=S1c2ccccc2O[C@@H]1[C@](O)(c1ccccc1)C(F)(F)F. The molecule has 22 heavy (non-hydrogen) atoms. The van der Waals surface area contributed by atoms with E-state index in [1.54, 1.807) is 12.1 Å². The Morgan fingerprint density at radius 3 is 2.18 bits per heavy atom. The van der Waals surface area contributed by atoms with Gasteiger partial charge in [-0.05, 0) is 17.7 Å². The fourth-order valence-corrected chi connectivity index (χ4v) is 3.88. The van der Waals surface area contributed by atoms with Gasteiger partial charge in [0, 0.05) is 0 Å². The second kappa shape index (κ2) is 5.10. The topological polar surface area (TPSA) is 46.5 Å². The Kier molecular flexibility index (Phi) is 3.49. The molecule has 0 saturated carbocycles. The third kappa shape index (κ3) is 2.12. The highest BCUT2D eigenvalue weighted by Crippen LogP contribution is 2.48. The van der Waals surface area contributed by atoms with Crippen molar-refractivity contribution in [2.24, 2.45) is 0 Å². The van der Waals surface area contributed by atoms with Crippen LogP contribution in [0.15, 0.2) is 59.5 Å². The van der Waals surface area contributed by atoms with Gasteiger partial charge in [-0.25, -0.2) is 0 Å². The van der Waals surface area contributed by atoms with Gasteiger partial charge in [-0.2, -0.15) is 13.2 Å². The number of ether oxygens (including phenoxy) is 1. The number of aliphatic hydroxyl groups is 1. The first-order chi connectivity index (χ1) is 10.4. The van der Waals surface area contributed by atoms with Crippen molar-refractivity contribution in [2.75, 3.05) is 0 Å². The van der Waals surface area contributed by atoms with E-state index in [0.29, 0.717) is 0 Å². The van der Waals surface area contributed by atoms with Crippen LogP contribution in [0.5, 0.6) is 5.75 Å². The van der Waals surface area contributed by atoms with Crippen molar-refractivity contribution in [3.8, 4) is 5.75 Å². The number of halogens is 3. The van der Waals surface area contributed by atoms with Crippen molar-refractivity contribution in [1.82, 2.24) is 0 Å². The fraction of sp³-hybridized carbons (Fsp3) is 0.200. The highest BCUT2D eigenvalue weighted by Gasteiger charge is 2.65. The molecule has 3 rings (SSSR count). The van der Waals surface area contributed by atoms with Gasteiger partial charge in [0.2, 0.25) is 11.0 Å². The summed E-state index contributed by atoms with van der Waals surface area (Å²) in [6, 6.07) is 12.5. The summed E-state index contributed by atoms with van der Waals surface area (Å²) in [5, 5.41) is 10.4. The minimum atomic E-state index is -5.04. The summed E-state index contributed by atoms with van der Waals surface area (Å²) in [7, 11) is -2.14. The first kappa shape index (κ1) is 15.1. The minimum absolute atomic E-state index is 0.0874. The summed E-state index contributed by atoms with van der Waals surface area (Å²) in [4.78, 5) is 0.145. The quantitative estimate of drug-likeness (QED) is 0.922. The maximum absolute atomic E-state index is 13.6. The molecular formula is C15H11F3O3S. The molecule has 3 nitrogen and oxygen atoms in total. The molecule has 0 spiro atoms. The zero-order valence-electron chi connectivity index (χ0n) is 11.1. The van der Waals surface area contributed by atoms with E-state index >= 15 is 0 Å². The van der Waals surface area contributed by atoms with Gasteiger partial charge < -0.3 is 9.84 Å². The van der Waals surface area contributed by atoms with Crippen LogP contribution in [0.25, 0.3) is 0 Å². The first-order valence-corrected chi connectivity index (χ1v) is 7.58. The lowest BCUT2D eigenvalue weighted by atomic mass is 9.93. The largest absolute Gasteiger partial charge is 0.472 e. The highest BCUT2D eigenvalue weighted by molar-refractivity contribution is 7.86. The van der Waals surface area contributed by atoms with Crippen molar-refractivity contribution in [3.63, 3.8) is 0 Å². The van der Waals surface area contributed by atoms with Crippen LogP contribution in [-0.4, -0.2) is 20.9 Å². The van der Waals surface area contributed by atoms with Crippen LogP contribution in [0.1, 0.15) is 5.56 Å². The number of para-hydroxylation sites is 1. The summed E-state index contributed by atoms with van der Waals surface area (Å²) in [5.41, 5.74) is -5.72. The van der Waals surface area contributed by atoms with Crippen LogP contribution < -0.4 is 4.74 Å². The van der Waals surface area contributed by atoms with Gasteiger partial charge in [0.15, 0.2) is 0 Å². The normalized spacial score (nSPS) is 23.5. The van der Waals surface area contributed by atoms with Gasteiger partial charge in [-0.15, -0.1) is 0 Å². The lowest BCUT2D eigenvalue weighted by molar-refractivity contribution is -0.280. The first-order valence-electron chi connectivity index (χ1n) is 6.36. The molecule has 2 aromatic rings. The zero-order valence-corrected chi connectivity index (χ0v) is 11.9. The minimum Gasteiger partial charge on any atom is -0.472 e. The molecule has 1 N–H and O–H groups in total. The Morgan fingerprint density at radius 2 is 1.59 bits per heavy atom. The van der Waals surface area contributed by atoms with Crippen molar-refractivity contribution in [3.05, 3.63) is 60.2 Å². The highest BCUT2D eigenvalue weighted by atomic mass is 32.2. The number of alkyl halides is 3. The molecule has 0 bridgehead atoms. The molecule has 1 aliphatic rings. The van der Waals surface area contributed by atoms with E-state index in [1.807, 2.05) is 0 Å². The molecule has 0 amide bonds. The molecule has 2 aromatic carbocycles. The maximum atomic E-state index is 13.6. The summed E-state index contributed by atoms with van der Waals surface area (Å²) in [6.45, 7) is 0. The van der Waals surface area contributed by atoms with E-state index in [9.17, 15) is 22.5 Å². The van der Waals surface area contributed by atoms with E-state index in [-0.39, 0.29) is 10.6 Å². The van der Waals surface area contributed by atoms with Crippen molar-refractivity contribution < 1.29 is 27.2 Å². The fourth-order valence-electron chi connectivity index (χ4n) is 2.35. The van der Waals surface area contributed by atoms with Crippen LogP contribution in [0, 0.1) is 0 Å².